The first kappa shape index (κ1) is 10.6. The van der Waals surface area contributed by atoms with Gasteiger partial charge < -0.3 is 4.98 Å². The number of aromatic amines is 1. The van der Waals surface area contributed by atoms with Crippen molar-refractivity contribution in [2.75, 3.05) is 0 Å². The van der Waals surface area contributed by atoms with Gasteiger partial charge in [-0.05, 0) is 6.92 Å². The monoisotopic (exact) mass is 198 g/mol. The molecule has 0 aliphatic carbocycles. The Morgan fingerprint density at radius 1 is 1.29 bits per heavy atom. The van der Waals surface area contributed by atoms with E-state index in [0.717, 1.165) is 0 Å². The van der Waals surface area contributed by atoms with E-state index in [0.29, 0.717) is 5.52 Å². The van der Waals surface area contributed by atoms with Gasteiger partial charge in [0.05, 0.1) is 11.8 Å². The number of fused-ring (bicyclic) bond motifs is 1. The van der Waals surface area contributed by atoms with Gasteiger partial charge >= 0.3 is 0 Å². The Hall–Kier alpha value is -1.45. The van der Waals surface area contributed by atoms with Crippen LogP contribution in [0.1, 0.15) is 19.4 Å². The highest BCUT2D eigenvalue weighted by atomic mass is 19.1. The number of nitrogens with zero attached hydrogens (tertiary/aromatic N) is 1. The van der Waals surface area contributed by atoms with E-state index in [1.54, 1.807) is 0 Å². The Labute approximate surface area is 81.0 Å². The average Bonchev–Trinajstić information content (AvgIpc) is 2.65. The molecule has 0 saturated carbocycles. The number of benzene rings is 1. The molecule has 0 bridgehead atoms. The zero-order valence-electron chi connectivity index (χ0n) is 8.36. The lowest BCUT2D eigenvalue weighted by molar-refractivity contribution is 0.575. The van der Waals surface area contributed by atoms with Crippen LogP contribution >= 0.6 is 0 Å². The van der Waals surface area contributed by atoms with Crippen LogP contribution in [0.2, 0.25) is 0 Å². The summed E-state index contributed by atoms with van der Waals surface area (Å²) in [4.78, 5) is 6.36. The Balaban J connectivity index is 0.000000461. The number of imidazole rings is 1. The van der Waals surface area contributed by atoms with Gasteiger partial charge in [0, 0.05) is 11.6 Å². The number of H-pyrrole nitrogens is 1. The third-order valence-electron chi connectivity index (χ3n) is 1.84. The standard InChI is InChI=1S/C8H6F2N2.C2H6/c1-4-5(9)2-6-8(7(4)10)12-3-11-6;1-2/h2-3H,1H3,(H,11,12);1-2H3. The molecule has 0 radical (unpaired) electrons. The van der Waals surface area contributed by atoms with E-state index < -0.39 is 11.6 Å². The number of aromatic nitrogens is 2. The molecule has 0 atom stereocenters. The van der Waals surface area contributed by atoms with Crippen molar-refractivity contribution in [1.82, 2.24) is 9.97 Å². The first-order valence-electron chi connectivity index (χ1n) is 4.48. The van der Waals surface area contributed by atoms with Gasteiger partial charge in [0.25, 0.3) is 0 Å². The molecule has 14 heavy (non-hydrogen) atoms. The lowest BCUT2D eigenvalue weighted by Gasteiger charge is -1.97. The zero-order valence-corrected chi connectivity index (χ0v) is 8.36. The highest BCUT2D eigenvalue weighted by molar-refractivity contribution is 5.76. The molecule has 0 unspecified atom stereocenters. The van der Waals surface area contributed by atoms with E-state index in [1.807, 2.05) is 13.8 Å². The van der Waals surface area contributed by atoms with Crippen molar-refractivity contribution in [2.24, 2.45) is 0 Å². The predicted octanol–water partition coefficient (Wildman–Crippen LogP) is 3.18. The normalized spacial score (nSPS) is 9.79. The fraction of sp³-hybridized carbons (Fsp3) is 0.300. The van der Waals surface area contributed by atoms with Gasteiger partial charge in [-0.3, -0.25) is 0 Å². The maximum atomic E-state index is 13.2. The van der Waals surface area contributed by atoms with Crippen LogP contribution in [-0.4, -0.2) is 9.97 Å². The summed E-state index contributed by atoms with van der Waals surface area (Å²) >= 11 is 0. The lowest BCUT2D eigenvalue weighted by Crippen LogP contribution is -1.89. The molecule has 76 valence electrons. The Morgan fingerprint density at radius 2 is 1.93 bits per heavy atom. The first-order valence-corrected chi connectivity index (χ1v) is 4.48. The summed E-state index contributed by atoms with van der Waals surface area (Å²) in [6.45, 7) is 5.39. The van der Waals surface area contributed by atoms with Crippen LogP contribution in [0.25, 0.3) is 11.0 Å². The van der Waals surface area contributed by atoms with E-state index in [-0.39, 0.29) is 11.1 Å². The third-order valence-corrected chi connectivity index (χ3v) is 1.84. The smallest absolute Gasteiger partial charge is 0.156 e. The Morgan fingerprint density at radius 3 is 2.57 bits per heavy atom. The quantitative estimate of drug-likeness (QED) is 0.692. The minimum absolute atomic E-state index is 0.00889. The van der Waals surface area contributed by atoms with Gasteiger partial charge in [0.1, 0.15) is 11.3 Å². The van der Waals surface area contributed by atoms with Gasteiger partial charge in [-0.2, -0.15) is 0 Å². The summed E-state index contributed by atoms with van der Waals surface area (Å²) in [6.07, 6.45) is 1.34. The summed E-state index contributed by atoms with van der Waals surface area (Å²) in [5.41, 5.74) is 0.583. The van der Waals surface area contributed by atoms with Crippen molar-refractivity contribution in [2.45, 2.75) is 20.8 Å². The summed E-state index contributed by atoms with van der Waals surface area (Å²) < 4.78 is 26.1. The fourth-order valence-electron chi connectivity index (χ4n) is 1.11. The van der Waals surface area contributed by atoms with E-state index in [1.165, 1.54) is 19.3 Å². The average molecular weight is 198 g/mol. The Kier molecular flexibility index (Phi) is 3.17. The SMILES string of the molecule is CC.Cc1c(F)cc2[nH]cnc2c1F. The van der Waals surface area contributed by atoms with Gasteiger partial charge in [0.15, 0.2) is 5.82 Å². The number of hydrogen-bond donors (Lipinski definition) is 1. The molecule has 2 rings (SSSR count). The second-order valence-corrected chi connectivity index (χ2v) is 2.60. The van der Waals surface area contributed by atoms with Crippen molar-refractivity contribution < 1.29 is 8.78 Å². The maximum absolute atomic E-state index is 13.2. The van der Waals surface area contributed by atoms with Crippen molar-refractivity contribution in [3.05, 3.63) is 29.6 Å². The molecular weight excluding hydrogens is 186 g/mol. The molecule has 1 aromatic carbocycles. The van der Waals surface area contributed by atoms with Crippen molar-refractivity contribution >= 4 is 11.0 Å². The topological polar surface area (TPSA) is 28.7 Å². The molecule has 0 saturated heterocycles. The molecule has 0 fully saturated rings. The van der Waals surface area contributed by atoms with Crippen molar-refractivity contribution in [3.63, 3.8) is 0 Å². The molecule has 4 heteroatoms. The molecule has 1 heterocycles. The molecule has 2 aromatic rings. The van der Waals surface area contributed by atoms with Gasteiger partial charge in [-0.25, -0.2) is 13.8 Å². The number of hydrogen-bond acceptors (Lipinski definition) is 1. The second kappa shape index (κ2) is 4.17. The maximum Gasteiger partial charge on any atom is 0.156 e. The van der Waals surface area contributed by atoms with Crippen LogP contribution in [-0.2, 0) is 0 Å². The fourth-order valence-corrected chi connectivity index (χ4v) is 1.11. The minimum Gasteiger partial charge on any atom is -0.344 e. The van der Waals surface area contributed by atoms with E-state index in [2.05, 4.69) is 9.97 Å². The highest BCUT2D eigenvalue weighted by Crippen LogP contribution is 2.19. The van der Waals surface area contributed by atoms with Gasteiger partial charge in [0.2, 0.25) is 0 Å². The molecule has 1 aromatic heterocycles. The zero-order chi connectivity index (χ0) is 10.7. The molecule has 2 nitrogen and oxygen atoms in total. The second-order valence-electron chi connectivity index (χ2n) is 2.60. The van der Waals surface area contributed by atoms with Crippen LogP contribution in [0.3, 0.4) is 0 Å². The van der Waals surface area contributed by atoms with Crippen molar-refractivity contribution in [1.29, 1.82) is 0 Å². The lowest BCUT2D eigenvalue weighted by atomic mass is 10.2. The molecule has 0 aliphatic heterocycles. The van der Waals surface area contributed by atoms with E-state index in [4.69, 9.17) is 0 Å². The molecular formula is C10H12F2N2. The Bertz CT molecular complexity index is 435. The number of rotatable bonds is 0. The largest absolute Gasteiger partial charge is 0.344 e. The minimum atomic E-state index is -0.591. The van der Waals surface area contributed by atoms with Crippen LogP contribution in [0, 0.1) is 18.6 Å². The van der Waals surface area contributed by atoms with Crippen LogP contribution < -0.4 is 0 Å². The van der Waals surface area contributed by atoms with Crippen LogP contribution in [0.15, 0.2) is 12.4 Å². The summed E-state index contributed by atoms with van der Waals surface area (Å²) in [6, 6.07) is 1.24. The highest BCUT2D eigenvalue weighted by Gasteiger charge is 2.10. The van der Waals surface area contributed by atoms with Crippen LogP contribution in [0.4, 0.5) is 8.78 Å². The third kappa shape index (κ3) is 1.60. The number of halogens is 2. The predicted molar refractivity (Wildman–Crippen MR) is 52.1 cm³/mol. The molecule has 1 N–H and O–H groups in total. The first-order chi connectivity index (χ1) is 6.70. The molecule has 0 amide bonds. The van der Waals surface area contributed by atoms with Crippen LogP contribution in [0.5, 0.6) is 0 Å². The summed E-state index contributed by atoms with van der Waals surface area (Å²) in [7, 11) is 0. The molecule has 0 aliphatic rings. The van der Waals surface area contributed by atoms with E-state index >= 15 is 0 Å². The van der Waals surface area contributed by atoms with Gasteiger partial charge in [-0.1, -0.05) is 13.8 Å². The van der Waals surface area contributed by atoms with Crippen molar-refractivity contribution in [3.8, 4) is 0 Å². The molecule has 0 spiro atoms. The van der Waals surface area contributed by atoms with Gasteiger partial charge in [-0.15, -0.1) is 0 Å². The summed E-state index contributed by atoms with van der Waals surface area (Å²) in [5.74, 6) is -1.14. The number of nitrogens with one attached hydrogen (secondary N) is 1. The van der Waals surface area contributed by atoms with E-state index in [9.17, 15) is 8.78 Å². The summed E-state index contributed by atoms with van der Waals surface area (Å²) in [5, 5.41) is 0.